The maximum absolute atomic E-state index is 12.6. The molecule has 0 bridgehead atoms. The van der Waals surface area contributed by atoms with E-state index < -0.39 is 29.4 Å². The first-order valence-corrected chi connectivity index (χ1v) is 5.24. The number of cyclic esters (lactones) is 1. The number of ether oxygens (including phenoxy) is 1. The monoisotopic (exact) mass is 296 g/mol. The van der Waals surface area contributed by atoms with Crippen molar-refractivity contribution in [1.29, 1.82) is 0 Å². The maximum atomic E-state index is 12.6. The van der Waals surface area contributed by atoms with Crippen molar-refractivity contribution in [1.82, 2.24) is 0 Å². The highest BCUT2D eigenvalue weighted by atomic mass is 19.4. The van der Waals surface area contributed by atoms with E-state index in [4.69, 9.17) is 0 Å². The number of carbonyl (C=O) groups is 1. The fraction of sp³-hybridized carbons (Fsp3) is 0.250. The lowest BCUT2D eigenvalue weighted by atomic mass is 10.00. The average Bonchev–Trinajstić information content (AvgIpc) is 2.73. The lowest BCUT2D eigenvalue weighted by Gasteiger charge is -2.14. The molecule has 0 radical (unpaired) electrons. The molecule has 1 heterocycles. The largest absolute Gasteiger partial charge is 0.458 e. The first-order valence-electron chi connectivity index (χ1n) is 5.24. The molecule has 0 saturated carbocycles. The molecule has 0 fully saturated rings. The van der Waals surface area contributed by atoms with Gasteiger partial charge >= 0.3 is 18.3 Å². The van der Waals surface area contributed by atoms with Crippen LogP contribution in [0.15, 0.2) is 24.3 Å². The molecular weight excluding hydrogens is 290 g/mol. The Balaban J connectivity index is 2.58. The number of rotatable bonds is 1. The van der Waals surface area contributed by atoms with Crippen molar-refractivity contribution < 1.29 is 35.9 Å². The molecule has 0 amide bonds. The second-order valence-electron chi connectivity index (χ2n) is 4.07. The molecule has 2 nitrogen and oxygen atoms in total. The van der Waals surface area contributed by atoms with Crippen molar-refractivity contribution in [3.63, 3.8) is 0 Å². The third-order valence-corrected chi connectivity index (χ3v) is 2.62. The van der Waals surface area contributed by atoms with Gasteiger partial charge in [0.2, 0.25) is 0 Å². The predicted octanol–water partition coefficient (Wildman–Crippen LogP) is 3.66. The summed E-state index contributed by atoms with van der Waals surface area (Å²) in [5.41, 5.74) is -3.21. The van der Waals surface area contributed by atoms with Gasteiger partial charge in [-0.2, -0.15) is 26.3 Å². The Bertz CT molecular complexity index is 550. The van der Waals surface area contributed by atoms with E-state index in [1.807, 2.05) is 0 Å². The quantitative estimate of drug-likeness (QED) is 0.584. The van der Waals surface area contributed by atoms with Crippen molar-refractivity contribution >= 4 is 11.5 Å². The zero-order valence-corrected chi connectivity index (χ0v) is 9.60. The molecule has 108 valence electrons. The van der Waals surface area contributed by atoms with Gasteiger partial charge in [-0.3, -0.25) is 0 Å². The maximum Gasteiger partial charge on any atom is 0.416 e. The molecule has 0 aliphatic carbocycles. The Morgan fingerprint density at radius 1 is 0.900 bits per heavy atom. The molecule has 0 spiro atoms. The molecular formula is C12H6F6O2. The smallest absolute Gasteiger partial charge is 0.416 e. The normalized spacial score (nSPS) is 16.1. The molecule has 1 aliphatic heterocycles. The van der Waals surface area contributed by atoms with Gasteiger partial charge < -0.3 is 4.74 Å². The fourth-order valence-corrected chi connectivity index (χ4v) is 1.68. The van der Waals surface area contributed by atoms with Crippen LogP contribution < -0.4 is 0 Å². The van der Waals surface area contributed by atoms with Gasteiger partial charge in [0.05, 0.1) is 11.1 Å². The highest BCUT2D eigenvalue weighted by Crippen LogP contribution is 2.38. The highest BCUT2D eigenvalue weighted by Gasteiger charge is 2.37. The molecule has 0 saturated heterocycles. The van der Waals surface area contributed by atoms with Crippen molar-refractivity contribution in [2.24, 2.45) is 0 Å². The van der Waals surface area contributed by atoms with Gasteiger partial charge in [0.25, 0.3) is 0 Å². The van der Waals surface area contributed by atoms with Gasteiger partial charge in [0, 0.05) is 11.6 Å². The van der Waals surface area contributed by atoms with Crippen LogP contribution in [-0.4, -0.2) is 12.6 Å². The van der Waals surface area contributed by atoms with Crippen LogP contribution in [-0.2, 0) is 21.9 Å². The van der Waals surface area contributed by atoms with Gasteiger partial charge in [-0.15, -0.1) is 0 Å². The highest BCUT2D eigenvalue weighted by molar-refractivity contribution is 5.95. The number of esters is 1. The van der Waals surface area contributed by atoms with E-state index in [1.54, 1.807) is 0 Å². The number of alkyl halides is 6. The van der Waals surface area contributed by atoms with Crippen molar-refractivity contribution in [2.75, 3.05) is 6.61 Å². The second-order valence-corrected chi connectivity index (χ2v) is 4.07. The minimum atomic E-state index is -4.92. The number of halogens is 6. The lowest BCUT2D eigenvalue weighted by molar-refractivity contribution is -0.143. The first kappa shape index (κ1) is 14.4. The van der Waals surface area contributed by atoms with E-state index in [-0.39, 0.29) is 23.8 Å². The topological polar surface area (TPSA) is 26.3 Å². The summed E-state index contributed by atoms with van der Waals surface area (Å²) in [5, 5.41) is 0. The van der Waals surface area contributed by atoms with E-state index in [0.717, 1.165) is 6.08 Å². The van der Waals surface area contributed by atoms with Crippen molar-refractivity contribution in [3.8, 4) is 0 Å². The SMILES string of the molecule is O=C1C=C(c2cc(C(F)(F)F)cc(C(F)(F)F)c2)CO1. The van der Waals surface area contributed by atoms with Crippen LogP contribution in [0.4, 0.5) is 26.3 Å². The average molecular weight is 296 g/mol. The first-order chi connectivity index (χ1) is 9.07. The van der Waals surface area contributed by atoms with Crippen molar-refractivity contribution in [2.45, 2.75) is 12.4 Å². The minimum absolute atomic E-state index is 0.0217. The number of benzene rings is 1. The number of hydrogen-bond acceptors (Lipinski definition) is 2. The van der Waals surface area contributed by atoms with E-state index in [0.29, 0.717) is 12.1 Å². The van der Waals surface area contributed by atoms with Gasteiger partial charge in [0.15, 0.2) is 0 Å². The Labute approximate surface area is 108 Å². The van der Waals surface area contributed by atoms with Gasteiger partial charge in [-0.25, -0.2) is 4.79 Å². The fourth-order valence-electron chi connectivity index (χ4n) is 1.68. The summed E-state index contributed by atoms with van der Waals surface area (Å²) < 4.78 is 80.2. The molecule has 0 unspecified atom stereocenters. The van der Waals surface area contributed by atoms with E-state index in [9.17, 15) is 31.1 Å². The summed E-state index contributed by atoms with van der Waals surface area (Å²) in [6, 6.07) is 1.15. The van der Waals surface area contributed by atoms with Crippen LogP contribution in [0.3, 0.4) is 0 Å². The Morgan fingerprint density at radius 3 is 1.75 bits per heavy atom. The summed E-state index contributed by atoms with van der Waals surface area (Å²) in [4.78, 5) is 10.8. The van der Waals surface area contributed by atoms with Crippen LogP contribution in [0.5, 0.6) is 0 Å². The Hall–Kier alpha value is -1.99. The standard InChI is InChI=1S/C12H6F6O2/c13-11(14,15)8-1-6(7-3-10(19)20-5-7)2-9(4-8)12(16,17)18/h1-4H,5H2. The van der Waals surface area contributed by atoms with Gasteiger partial charge in [0.1, 0.15) is 6.61 Å². The summed E-state index contributed by atoms with van der Waals surface area (Å²) in [6.07, 6.45) is -8.96. The molecule has 1 aromatic rings. The van der Waals surface area contributed by atoms with Crippen molar-refractivity contribution in [3.05, 3.63) is 41.0 Å². The number of carbonyl (C=O) groups excluding carboxylic acids is 1. The Kier molecular flexibility index (Phi) is 3.27. The van der Waals surface area contributed by atoms with Gasteiger partial charge in [-0.05, 0) is 23.8 Å². The summed E-state index contributed by atoms with van der Waals surface area (Å²) in [7, 11) is 0. The zero-order valence-electron chi connectivity index (χ0n) is 9.60. The summed E-state index contributed by atoms with van der Waals surface area (Å²) in [5.74, 6) is -0.800. The predicted molar refractivity (Wildman–Crippen MR) is 55.4 cm³/mol. The summed E-state index contributed by atoms with van der Waals surface area (Å²) >= 11 is 0. The molecule has 0 atom stereocenters. The molecule has 0 N–H and O–H groups in total. The van der Waals surface area contributed by atoms with E-state index >= 15 is 0 Å². The van der Waals surface area contributed by atoms with Crippen LogP contribution >= 0.6 is 0 Å². The van der Waals surface area contributed by atoms with Gasteiger partial charge in [-0.1, -0.05) is 0 Å². The molecule has 0 aromatic heterocycles. The lowest BCUT2D eigenvalue weighted by Crippen LogP contribution is -2.11. The van der Waals surface area contributed by atoms with Crippen LogP contribution in [0.2, 0.25) is 0 Å². The zero-order chi connectivity index (χ0) is 15.1. The molecule has 8 heteroatoms. The Morgan fingerprint density at radius 2 is 1.40 bits per heavy atom. The molecule has 1 aromatic carbocycles. The minimum Gasteiger partial charge on any atom is -0.458 e. The van der Waals surface area contributed by atoms with Crippen LogP contribution in [0, 0.1) is 0 Å². The third kappa shape index (κ3) is 2.94. The molecule has 1 aliphatic rings. The van der Waals surface area contributed by atoms with E-state index in [1.165, 1.54) is 0 Å². The van der Waals surface area contributed by atoms with Crippen LogP contribution in [0.25, 0.3) is 5.57 Å². The second kappa shape index (κ2) is 4.53. The van der Waals surface area contributed by atoms with E-state index in [2.05, 4.69) is 4.74 Å². The third-order valence-electron chi connectivity index (χ3n) is 2.62. The summed E-state index contributed by atoms with van der Waals surface area (Å²) in [6.45, 7) is -0.350. The van der Waals surface area contributed by atoms with Crippen LogP contribution in [0.1, 0.15) is 16.7 Å². The molecule has 20 heavy (non-hydrogen) atoms. The molecule has 2 rings (SSSR count). The number of hydrogen-bond donors (Lipinski definition) is 0.